The zero-order valence-electron chi connectivity index (χ0n) is 23.1. The van der Waals surface area contributed by atoms with Gasteiger partial charge < -0.3 is 34.3 Å². The number of cyclic esters (lactones) is 1. The molecule has 4 saturated carbocycles. The van der Waals surface area contributed by atoms with Gasteiger partial charge in [0.15, 0.2) is 6.29 Å². The van der Waals surface area contributed by atoms with Gasteiger partial charge in [-0.2, -0.15) is 0 Å². The lowest BCUT2D eigenvalue weighted by Crippen LogP contribution is -2.64. The van der Waals surface area contributed by atoms with Crippen LogP contribution in [0.5, 0.6) is 0 Å². The molecule has 0 aromatic carbocycles. The number of methoxy groups -OCH3 is 1. The standard InChI is InChI=1S/C30H46O8/c1-17-27(33)24(35-3)14-26(37-17)38-20-6-10-29(16-31)19(13-20)4-5-23-22(29)7-9-28(2)21(8-11-30(23,28)34)18-12-25(32)36-15-18/h12,17,19-24,26-27,31,33-34H,4-11,13-16H2,1-3H3/t17-,19?,20+,21-,22+,23-,24+,26+,27-,28-,29-,30+/m1/s1. The van der Waals surface area contributed by atoms with Crippen LogP contribution in [0.3, 0.4) is 0 Å². The van der Waals surface area contributed by atoms with Crippen molar-refractivity contribution in [2.75, 3.05) is 20.3 Å². The maximum atomic E-state index is 12.4. The third-order valence-corrected chi connectivity index (χ3v) is 12.2. The summed E-state index contributed by atoms with van der Waals surface area (Å²) in [6.07, 6.45) is 8.69. The fourth-order valence-corrected chi connectivity index (χ4v) is 10.1. The minimum atomic E-state index is -0.782. The summed E-state index contributed by atoms with van der Waals surface area (Å²) in [5.41, 5.74) is -0.182. The lowest BCUT2D eigenvalue weighted by molar-refractivity contribution is -0.275. The molecule has 2 heterocycles. The van der Waals surface area contributed by atoms with E-state index in [-0.39, 0.29) is 53.6 Å². The molecular weight excluding hydrogens is 488 g/mol. The topological polar surface area (TPSA) is 115 Å². The number of hydrogen-bond donors (Lipinski definition) is 3. The molecule has 0 aromatic heterocycles. The van der Waals surface area contributed by atoms with Crippen LogP contribution in [-0.2, 0) is 23.7 Å². The molecule has 4 aliphatic carbocycles. The minimum Gasteiger partial charge on any atom is -0.458 e. The molecule has 5 fully saturated rings. The molecule has 0 aromatic rings. The van der Waals surface area contributed by atoms with Crippen molar-refractivity contribution in [3.63, 3.8) is 0 Å². The van der Waals surface area contributed by atoms with Gasteiger partial charge in [0.05, 0.1) is 23.9 Å². The molecule has 12 atom stereocenters. The monoisotopic (exact) mass is 534 g/mol. The van der Waals surface area contributed by atoms with Crippen LogP contribution < -0.4 is 0 Å². The molecule has 8 nitrogen and oxygen atoms in total. The van der Waals surface area contributed by atoms with Gasteiger partial charge in [-0.25, -0.2) is 4.79 Å². The molecule has 3 N–H and O–H groups in total. The van der Waals surface area contributed by atoms with Crippen LogP contribution in [0.4, 0.5) is 0 Å². The lowest BCUT2D eigenvalue weighted by Gasteiger charge is -2.64. The summed E-state index contributed by atoms with van der Waals surface area (Å²) in [4.78, 5) is 11.8. The summed E-state index contributed by atoms with van der Waals surface area (Å²) in [6.45, 7) is 4.61. The quantitative estimate of drug-likeness (QED) is 0.364. The van der Waals surface area contributed by atoms with Crippen molar-refractivity contribution in [1.82, 2.24) is 0 Å². The largest absolute Gasteiger partial charge is 0.458 e. The maximum absolute atomic E-state index is 12.4. The molecule has 0 amide bonds. The highest BCUT2D eigenvalue weighted by atomic mass is 16.7. The van der Waals surface area contributed by atoms with Crippen molar-refractivity contribution in [2.45, 2.75) is 114 Å². The Morgan fingerprint density at radius 2 is 1.89 bits per heavy atom. The Balaban J connectivity index is 1.17. The molecule has 214 valence electrons. The van der Waals surface area contributed by atoms with E-state index in [2.05, 4.69) is 6.92 Å². The third-order valence-electron chi connectivity index (χ3n) is 12.2. The van der Waals surface area contributed by atoms with Crippen LogP contribution in [-0.4, -0.2) is 77.9 Å². The molecule has 0 spiro atoms. The maximum Gasteiger partial charge on any atom is 0.331 e. The Kier molecular flexibility index (Phi) is 7.01. The fraction of sp³-hybridized carbons (Fsp3) is 0.900. The van der Waals surface area contributed by atoms with Gasteiger partial charge in [-0.1, -0.05) is 6.92 Å². The Hall–Kier alpha value is -1.03. The highest BCUT2D eigenvalue weighted by molar-refractivity contribution is 5.85. The predicted molar refractivity (Wildman–Crippen MR) is 138 cm³/mol. The van der Waals surface area contributed by atoms with Crippen LogP contribution in [0.15, 0.2) is 11.6 Å². The Labute approximate surface area is 226 Å². The van der Waals surface area contributed by atoms with Gasteiger partial charge in [0.2, 0.25) is 0 Å². The Morgan fingerprint density at radius 1 is 1.08 bits per heavy atom. The van der Waals surface area contributed by atoms with E-state index >= 15 is 0 Å². The van der Waals surface area contributed by atoms with Crippen LogP contribution in [0.25, 0.3) is 0 Å². The van der Waals surface area contributed by atoms with Gasteiger partial charge in [-0.15, -0.1) is 0 Å². The van der Waals surface area contributed by atoms with Gasteiger partial charge in [0.25, 0.3) is 0 Å². The Morgan fingerprint density at radius 3 is 2.61 bits per heavy atom. The second kappa shape index (κ2) is 9.81. The summed E-state index contributed by atoms with van der Waals surface area (Å²) in [5.74, 6) is 0.731. The fourth-order valence-electron chi connectivity index (χ4n) is 10.1. The average molecular weight is 535 g/mol. The van der Waals surface area contributed by atoms with Gasteiger partial charge in [-0.05, 0) is 99.4 Å². The van der Waals surface area contributed by atoms with Crippen LogP contribution in [0, 0.1) is 34.5 Å². The van der Waals surface area contributed by atoms with Crippen LogP contribution in [0.1, 0.15) is 78.1 Å². The van der Waals surface area contributed by atoms with Gasteiger partial charge in [0, 0.05) is 31.6 Å². The van der Waals surface area contributed by atoms with Crippen LogP contribution in [0.2, 0.25) is 0 Å². The molecule has 6 rings (SSSR count). The average Bonchev–Trinajstić information content (AvgIpc) is 3.45. The van der Waals surface area contributed by atoms with Gasteiger partial charge in [0.1, 0.15) is 12.7 Å². The normalized spacial score (nSPS) is 52.5. The number of rotatable bonds is 5. The first-order valence-electron chi connectivity index (χ1n) is 14.9. The molecule has 38 heavy (non-hydrogen) atoms. The van der Waals surface area contributed by atoms with Crippen molar-refractivity contribution in [2.24, 2.45) is 34.5 Å². The summed E-state index contributed by atoms with van der Waals surface area (Å²) in [6, 6.07) is 0. The van der Waals surface area contributed by atoms with Crippen molar-refractivity contribution < 1.29 is 39.1 Å². The first-order chi connectivity index (χ1) is 18.1. The van der Waals surface area contributed by atoms with Crippen molar-refractivity contribution >= 4 is 5.97 Å². The van der Waals surface area contributed by atoms with E-state index in [9.17, 15) is 20.1 Å². The molecule has 0 bridgehead atoms. The van der Waals surface area contributed by atoms with Crippen LogP contribution >= 0.6 is 0 Å². The zero-order chi connectivity index (χ0) is 26.9. The first kappa shape index (κ1) is 27.2. The number of carbonyl (C=O) groups excluding carboxylic acids is 1. The summed E-state index contributed by atoms with van der Waals surface area (Å²) < 4.78 is 23.1. The first-order valence-corrected chi connectivity index (χ1v) is 14.9. The highest BCUT2D eigenvalue weighted by Crippen LogP contribution is 2.70. The molecule has 2 aliphatic heterocycles. The van der Waals surface area contributed by atoms with Crippen molar-refractivity contribution in [3.05, 3.63) is 11.6 Å². The van der Waals surface area contributed by atoms with Gasteiger partial charge in [-0.3, -0.25) is 0 Å². The summed E-state index contributed by atoms with van der Waals surface area (Å²) in [5, 5.41) is 33.7. The number of hydrogen-bond acceptors (Lipinski definition) is 8. The summed E-state index contributed by atoms with van der Waals surface area (Å²) in [7, 11) is 1.62. The van der Waals surface area contributed by atoms with E-state index in [0.717, 1.165) is 63.4 Å². The van der Waals surface area contributed by atoms with E-state index in [1.807, 2.05) is 6.92 Å². The zero-order valence-corrected chi connectivity index (χ0v) is 23.1. The number of aliphatic hydroxyl groups excluding tert-OH is 2. The van der Waals surface area contributed by atoms with E-state index < -0.39 is 18.0 Å². The second-order valence-corrected chi connectivity index (χ2v) is 13.5. The third kappa shape index (κ3) is 3.96. The van der Waals surface area contributed by atoms with Crippen molar-refractivity contribution in [1.29, 1.82) is 0 Å². The van der Waals surface area contributed by atoms with E-state index in [1.165, 1.54) is 0 Å². The number of fused-ring (bicyclic) bond motifs is 5. The summed E-state index contributed by atoms with van der Waals surface area (Å²) >= 11 is 0. The van der Waals surface area contributed by atoms with Crippen molar-refractivity contribution in [3.8, 4) is 0 Å². The lowest BCUT2D eigenvalue weighted by atomic mass is 9.43. The smallest absolute Gasteiger partial charge is 0.331 e. The highest BCUT2D eigenvalue weighted by Gasteiger charge is 2.68. The number of aliphatic hydroxyl groups is 3. The molecule has 8 heteroatoms. The number of esters is 1. The Bertz CT molecular complexity index is 953. The molecule has 1 saturated heterocycles. The molecule has 6 aliphatic rings. The van der Waals surface area contributed by atoms with E-state index in [4.69, 9.17) is 18.9 Å². The number of carbonyl (C=O) groups is 1. The SMILES string of the molecule is CO[C@H]1C[C@H](O[C@H]2CC[C@@]3(CO)C(CC[C@@H]4[C@@H]3CC[C@]3(C)[C@@H](C5=CC(=O)OC5)CC[C@]43O)C2)O[C@H](C)[C@H]1O. The number of ether oxygens (including phenoxy) is 4. The molecule has 0 radical (unpaired) electrons. The molecular formula is C30H46O8. The van der Waals surface area contributed by atoms with E-state index in [0.29, 0.717) is 24.9 Å². The second-order valence-electron chi connectivity index (χ2n) is 13.5. The predicted octanol–water partition coefficient (Wildman–Crippen LogP) is 3.11. The van der Waals surface area contributed by atoms with E-state index in [1.54, 1.807) is 13.2 Å². The molecule has 1 unspecified atom stereocenters. The van der Waals surface area contributed by atoms with Gasteiger partial charge >= 0.3 is 5.97 Å². The minimum absolute atomic E-state index is 0.0563.